The van der Waals surface area contributed by atoms with Gasteiger partial charge in [0.05, 0.1) is 5.60 Å². The number of nitrogen functional groups attached to an aromatic ring is 1. The third kappa shape index (κ3) is 3.21. The van der Waals surface area contributed by atoms with Crippen LogP contribution in [0.25, 0.3) is 0 Å². The van der Waals surface area contributed by atoms with Gasteiger partial charge in [-0.1, -0.05) is 19.9 Å². The van der Waals surface area contributed by atoms with Crippen molar-refractivity contribution in [2.45, 2.75) is 58.1 Å². The molecule has 0 saturated carbocycles. The molecule has 3 N–H and O–H groups in total. The number of aryl methyl sites for hydroxylation is 1. The molecule has 19 heavy (non-hydrogen) atoms. The second-order valence-electron chi connectivity index (χ2n) is 5.65. The summed E-state index contributed by atoms with van der Waals surface area (Å²) in [7, 11) is 0. The molecule has 0 spiro atoms. The predicted octanol–water partition coefficient (Wildman–Crippen LogP) is 3.73. The minimum absolute atomic E-state index is 0.0597. The van der Waals surface area contributed by atoms with Gasteiger partial charge in [-0.2, -0.15) is 0 Å². The van der Waals surface area contributed by atoms with Crippen LogP contribution in [-0.4, -0.2) is 18.2 Å². The maximum absolute atomic E-state index is 6.02. The summed E-state index contributed by atoms with van der Waals surface area (Å²) >= 11 is 0. The lowest BCUT2D eigenvalue weighted by Crippen LogP contribution is -2.43. The van der Waals surface area contributed by atoms with Gasteiger partial charge in [0.25, 0.3) is 0 Å². The third-order valence-corrected chi connectivity index (χ3v) is 4.40. The van der Waals surface area contributed by atoms with Gasteiger partial charge in [-0.05, 0) is 50.3 Å². The Bertz CT molecular complexity index is 427. The molecule has 0 bridgehead atoms. The van der Waals surface area contributed by atoms with E-state index in [1.807, 2.05) is 12.1 Å². The van der Waals surface area contributed by atoms with Crippen LogP contribution < -0.4 is 11.1 Å². The van der Waals surface area contributed by atoms with Crippen LogP contribution in [0.4, 0.5) is 11.4 Å². The van der Waals surface area contributed by atoms with Crippen LogP contribution in [0.15, 0.2) is 18.2 Å². The van der Waals surface area contributed by atoms with Crippen molar-refractivity contribution < 1.29 is 4.74 Å². The summed E-state index contributed by atoms with van der Waals surface area (Å²) in [5, 5.41) is 3.65. The molecule has 1 aromatic carbocycles. The summed E-state index contributed by atoms with van der Waals surface area (Å²) in [6, 6.07) is 6.54. The van der Waals surface area contributed by atoms with Gasteiger partial charge in [0, 0.05) is 24.0 Å². The van der Waals surface area contributed by atoms with Crippen molar-refractivity contribution in [3.8, 4) is 0 Å². The zero-order valence-corrected chi connectivity index (χ0v) is 12.3. The lowest BCUT2D eigenvalue weighted by atomic mass is 9.85. The van der Waals surface area contributed by atoms with Crippen molar-refractivity contribution in [2.24, 2.45) is 0 Å². The number of benzene rings is 1. The van der Waals surface area contributed by atoms with Crippen LogP contribution >= 0.6 is 0 Å². The monoisotopic (exact) mass is 262 g/mol. The highest BCUT2D eigenvalue weighted by Gasteiger charge is 2.34. The topological polar surface area (TPSA) is 47.3 Å². The maximum atomic E-state index is 6.02. The second-order valence-corrected chi connectivity index (χ2v) is 5.65. The van der Waals surface area contributed by atoms with E-state index in [1.54, 1.807) is 0 Å². The molecule has 1 saturated heterocycles. The van der Waals surface area contributed by atoms with E-state index in [4.69, 9.17) is 10.5 Å². The zero-order valence-electron chi connectivity index (χ0n) is 12.3. The van der Waals surface area contributed by atoms with Gasteiger partial charge in [0.15, 0.2) is 0 Å². The van der Waals surface area contributed by atoms with E-state index in [9.17, 15) is 0 Å². The Hall–Kier alpha value is -1.22. The molecular weight excluding hydrogens is 236 g/mol. The van der Waals surface area contributed by atoms with Crippen LogP contribution in [0.1, 0.15) is 45.1 Å². The summed E-state index contributed by atoms with van der Waals surface area (Å²) in [5.41, 5.74) is 9.16. The van der Waals surface area contributed by atoms with Crippen LogP contribution in [0, 0.1) is 6.92 Å². The van der Waals surface area contributed by atoms with Gasteiger partial charge in [0.1, 0.15) is 0 Å². The third-order valence-electron chi connectivity index (χ3n) is 4.40. The molecule has 1 aliphatic heterocycles. The number of anilines is 2. The maximum Gasteiger partial charge on any atom is 0.0696 e. The quantitative estimate of drug-likeness (QED) is 0.813. The Balaban J connectivity index is 2.08. The minimum atomic E-state index is 0.0597. The number of rotatable bonds is 4. The average Bonchev–Trinajstić information content (AvgIpc) is 2.43. The first-order chi connectivity index (χ1) is 9.08. The van der Waals surface area contributed by atoms with E-state index in [-0.39, 0.29) is 5.60 Å². The normalized spacial score (nSPS) is 22.2. The number of nitrogens with two attached hydrogens (primary N) is 1. The van der Waals surface area contributed by atoms with Crippen LogP contribution in [0.2, 0.25) is 0 Å². The Kier molecular flexibility index (Phi) is 4.35. The molecule has 106 valence electrons. The largest absolute Gasteiger partial charge is 0.399 e. The molecular formula is C16H26N2O. The summed E-state index contributed by atoms with van der Waals surface area (Å²) in [6.45, 7) is 7.41. The van der Waals surface area contributed by atoms with Crippen molar-refractivity contribution in [3.63, 3.8) is 0 Å². The Morgan fingerprint density at radius 1 is 1.37 bits per heavy atom. The highest BCUT2D eigenvalue weighted by molar-refractivity contribution is 5.59. The molecule has 3 heteroatoms. The number of nitrogens with one attached hydrogen (secondary N) is 1. The van der Waals surface area contributed by atoms with Gasteiger partial charge in [0.2, 0.25) is 0 Å². The van der Waals surface area contributed by atoms with Crippen LogP contribution in [0.5, 0.6) is 0 Å². The fraction of sp³-hybridized carbons (Fsp3) is 0.625. The first-order valence-corrected chi connectivity index (χ1v) is 7.35. The molecule has 1 unspecified atom stereocenters. The van der Waals surface area contributed by atoms with Crippen molar-refractivity contribution in [1.29, 1.82) is 0 Å². The van der Waals surface area contributed by atoms with Crippen molar-refractivity contribution in [1.82, 2.24) is 0 Å². The molecule has 1 atom stereocenters. The van der Waals surface area contributed by atoms with Gasteiger partial charge >= 0.3 is 0 Å². The van der Waals surface area contributed by atoms with Gasteiger partial charge in [-0.3, -0.25) is 0 Å². The molecule has 1 heterocycles. The molecule has 1 aromatic rings. The second kappa shape index (κ2) is 5.83. The minimum Gasteiger partial charge on any atom is -0.399 e. The lowest BCUT2D eigenvalue weighted by molar-refractivity contribution is -0.0864. The van der Waals surface area contributed by atoms with Crippen LogP contribution in [-0.2, 0) is 4.74 Å². The summed E-state index contributed by atoms with van der Waals surface area (Å²) in [6.07, 6.45) is 4.30. The number of ether oxygens (including phenoxy) is 1. The Morgan fingerprint density at radius 3 is 2.79 bits per heavy atom. The van der Waals surface area contributed by atoms with Crippen molar-refractivity contribution in [2.75, 3.05) is 17.7 Å². The van der Waals surface area contributed by atoms with E-state index in [1.165, 1.54) is 5.56 Å². The Labute approximate surface area is 116 Å². The molecule has 0 aromatic heterocycles. The van der Waals surface area contributed by atoms with Gasteiger partial charge in [-0.15, -0.1) is 0 Å². The lowest BCUT2D eigenvalue weighted by Gasteiger charge is -2.40. The molecule has 1 aliphatic rings. The highest BCUT2D eigenvalue weighted by Crippen LogP contribution is 2.33. The SMILES string of the molecule is CCC1(CC)CC(Nc2cc(N)ccc2C)CCO1. The van der Waals surface area contributed by atoms with E-state index in [0.717, 1.165) is 43.7 Å². The molecule has 1 fully saturated rings. The summed E-state index contributed by atoms with van der Waals surface area (Å²) in [5.74, 6) is 0. The first-order valence-electron chi connectivity index (χ1n) is 7.35. The van der Waals surface area contributed by atoms with Crippen LogP contribution in [0.3, 0.4) is 0 Å². The number of hydrogen-bond donors (Lipinski definition) is 2. The molecule has 3 nitrogen and oxygen atoms in total. The summed E-state index contributed by atoms with van der Waals surface area (Å²) < 4.78 is 6.02. The fourth-order valence-corrected chi connectivity index (χ4v) is 2.91. The molecule has 2 rings (SSSR count). The van der Waals surface area contributed by atoms with E-state index >= 15 is 0 Å². The first kappa shape index (κ1) is 14.2. The Morgan fingerprint density at radius 2 is 2.11 bits per heavy atom. The van der Waals surface area contributed by atoms with Gasteiger partial charge in [-0.25, -0.2) is 0 Å². The molecule has 0 aliphatic carbocycles. The van der Waals surface area contributed by atoms with E-state index in [0.29, 0.717) is 6.04 Å². The average molecular weight is 262 g/mol. The molecule has 0 amide bonds. The summed E-state index contributed by atoms with van der Waals surface area (Å²) in [4.78, 5) is 0. The number of hydrogen-bond acceptors (Lipinski definition) is 3. The standard InChI is InChI=1S/C16H26N2O/c1-4-16(5-2)11-14(8-9-19-16)18-15-10-13(17)7-6-12(15)3/h6-7,10,14,18H,4-5,8-9,11,17H2,1-3H3. The zero-order chi connectivity index (χ0) is 13.9. The van der Waals surface area contributed by atoms with Crippen molar-refractivity contribution in [3.05, 3.63) is 23.8 Å². The predicted molar refractivity (Wildman–Crippen MR) is 81.5 cm³/mol. The van der Waals surface area contributed by atoms with Crippen molar-refractivity contribution >= 4 is 11.4 Å². The van der Waals surface area contributed by atoms with E-state index in [2.05, 4.69) is 32.2 Å². The molecule has 0 radical (unpaired) electrons. The van der Waals surface area contributed by atoms with E-state index < -0.39 is 0 Å². The van der Waals surface area contributed by atoms with Gasteiger partial charge < -0.3 is 15.8 Å². The smallest absolute Gasteiger partial charge is 0.0696 e. The highest BCUT2D eigenvalue weighted by atomic mass is 16.5. The fourth-order valence-electron chi connectivity index (χ4n) is 2.91.